The van der Waals surface area contributed by atoms with Gasteiger partial charge < -0.3 is 4.42 Å². The predicted molar refractivity (Wildman–Crippen MR) is 182 cm³/mol. The standard InChI is InChI=1S/C39H25N3OS/c1-3-10-24(11-4-1)26-18-20-29-33(23-26)43-32-16-9-15-30(36(29)32)39-41-37(25-12-5-2-6-13-25)40-38(42-39)27-19-21-35-31(22-27)28-14-7-8-17-34(28)44-35/h1-7,9-16,18-23H,8,17H2. The first-order chi connectivity index (χ1) is 21.8. The molecule has 0 radical (unpaired) electrons. The van der Waals surface area contributed by atoms with Crippen molar-refractivity contribution in [1.82, 2.24) is 15.0 Å². The number of furan rings is 1. The first kappa shape index (κ1) is 25.1. The van der Waals surface area contributed by atoms with Gasteiger partial charge in [-0.25, -0.2) is 15.0 Å². The summed E-state index contributed by atoms with van der Waals surface area (Å²) in [4.78, 5) is 16.6. The number of fused-ring (bicyclic) bond motifs is 6. The first-order valence-corrected chi connectivity index (χ1v) is 15.6. The van der Waals surface area contributed by atoms with Crippen LogP contribution in [0.2, 0.25) is 0 Å². The van der Waals surface area contributed by atoms with E-state index in [2.05, 4.69) is 78.9 Å². The average molecular weight is 584 g/mol. The molecule has 3 heterocycles. The molecule has 0 aliphatic heterocycles. The Bertz CT molecular complexity index is 2390. The Hall–Kier alpha value is -5.39. The number of benzene rings is 5. The number of thiophene rings is 1. The fraction of sp³-hybridized carbons (Fsp3) is 0.0513. The molecule has 0 bridgehead atoms. The number of hydrogen-bond donors (Lipinski definition) is 0. The van der Waals surface area contributed by atoms with Gasteiger partial charge in [0.25, 0.3) is 0 Å². The zero-order valence-electron chi connectivity index (χ0n) is 23.7. The van der Waals surface area contributed by atoms with Crippen molar-refractivity contribution in [2.45, 2.75) is 12.8 Å². The van der Waals surface area contributed by atoms with E-state index in [9.17, 15) is 0 Å². The molecule has 0 fully saturated rings. The molecule has 0 atom stereocenters. The summed E-state index contributed by atoms with van der Waals surface area (Å²) < 4.78 is 7.72. The maximum absolute atomic E-state index is 6.42. The molecule has 208 valence electrons. The van der Waals surface area contributed by atoms with E-state index in [-0.39, 0.29) is 0 Å². The highest BCUT2D eigenvalue weighted by Crippen LogP contribution is 2.40. The molecule has 1 aliphatic rings. The lowest BCUT2D eigenvalue weighted by Crippen LogP contribution is -2.00. The van der Waals surface area contributed by atoms with E-state index >= 15 is 0 Å². The van der Waals surface area contributed by atoms with E-state index in [1.807, 2.05) is 59.9 Å². The molecule has 4 nitrogen and oxygen atoms in total. The summed E-state index contributed by atoms with van der Waals surface area (Å²) in [6.45, 7) is 0. The van der Waals surface area contributed by atoms with Crippen LogP contribution in [0.5, 0.6) is 0 Å². The minimum atomic E-state index is 0.627. The third-order valence-electron chi connectivity index (χ3n) is 8.40. The van der Waals surface area contributed by atoms with Gasteiger partial charge in [0, 0.05) is 42.4 Å². The Balaban J connectivity index is 1.25. The number of hydrogen-bond acceptors (Lipinski definition) is 5. The molecule has 0 unspecified atom stereocenters. The molecule has 5 aromatic carbocycles. The van der Waals surface area contributed by atoms with Gasteiger partial charge in [-0.15, -0.1) is 11.3 Å². The van der Waals surface area contributed by atoms with Gasteiger partial charge >= 0.3 is 0 Å². The van der Waals surface area contributed by atoms with Crippen LogP contribution in [0.1, 0.15) is 16.9 Å². The molecule has 0 amide bonds. The second-order valence-corrected chi connectivity index (χ2v) is 12.3. The highest BCUT2D eigenvalue weighted by Gasteiger charge is 2.19. The monoisotopic (exact) mass is 583 g/mol. The van der Waals surface area contributed by atoms with Crippen molar-refractivity contribution in [3.05, 3.63) is 132 Å². The zero-order chi connectivity index (χ0) is 29.0. The Morgan fingerprint density at radius 2 is 1.32 bits per heavy atom. The van der Waals surface area contributed by atoms with Crippen molar-refractivity contribution in [2.24, 2.45) is 0 Å². The third-order valence-corrected chi connectivity index (χ3v) is 9.64. The topological polar surface area (TPSA) is 51.8 Å². The number of aryl methyl sites for hydroxylation is 1. The van der Waals surface area contributed by atoms with Gasteiger partial charge in [-0.3, -0.25) is 0 Å². The number of allylic oxidation sites excluding steroid dienone is 1. The number of nitrogens with zero attached hydrogens (tertiary/aromatic N) is 3. The van der Waals surface area contributed by atoms with Gasteiger partial charge in [-0.2, -0.15) is 0 Å². The number of aromatic nitrogens is 3. The lowest BCUT2D eigenvalue weighted by Gasteiger charge is -2.10. The van der Waals surface area contributed by atoms with Gasteiger partial charge in [0.2, 0.25) is 0 Å². The van der Waals surface area contributed by atoms with Crippen LogP contribution >= 0.6 is 11.3 Å². The van der Waals surface area contributed by atoms with E-state index in [1.165, 1.54) is 20.5 Å². The third kappa shape index (κ3) is 4.16. The first-order valence-electron chi connectivity index (χ1n) is 14.8. The van der Waals surface area contributed by atoms with E-state index in [1.54, 1.807) is 0 Å². The normalized spacial score (nSPS) is 12.7. The second-order valence-electron chi connectivity index (χ2n) is 11.1. The van der Waals surface area contributed by atoms with E-state index in [0.717, 1.165) is 62.6 Å². The largest absolute Gasteiger partial charge is 0.456 e. The van der Waals surface area contributed by atoms with Crippen LogP contribution in [0.4, 0.5) is 0 Å². The molecule has 1 aliphatic carbocycles. The predicted octanol–water partition coefficient (Wildman–Crippen LogP) is 10.6. The Morgan fingerprint density at radius 3 is 2.16 bits per heavy atom. The van der Waals surface area contributed by atoms with Gasteiger partial charge in [0.05, 0.1) is 0 Å². The molecule has 5 heteroatoms. The summed E-state index contributed by atoms with van der Waals surface area (Å²) in [5, 5.41) is 3.31. The van der Waals surface area contributed by atoms with E-state index in [0.29, 0.717) is 17.5 Å². The maximum Gasteiger partial charge on any atom is 0.164 e. The molecular weight excluding hydrogens is 559 g/mol. The Morgan fingerprint density at radius 1 is 0.568 bits per heavy atom. The van der Waals surface area contributed by atoms with Crippen molar-refractivity contribution in [3.63, 3.8) is 0 Å². The smallest absolute Gasteiger partial charge is 0.164 e. The van der Waals surface area contributed by atoms with Crippen molar-refractivity contribution in [3.8, 4) is 45.3 Å². The lowest BCUT2D eigenvalue weighted by atomic mass is 10.0. The molecule has 0 spiro atoms. The molecule has 0 saturated carbocycles. The van der Waals surface area contributed by atoms with Gasteiger partial charge in [-0.1, -0.05) is 91.0 Å². The summed E-state index contributed by atoms with van der Waals surface area (Å²) in [6, 6.07) is 39.6. The average Bonchev–Trinajstić information content (AvgIpc) is 3.66. The minimum Gasteiger partial charge on any atom is -0.456 e. The molecule has 9 rings (SSSR count). The molecule has 8 aromatic rings. The van der Waals surface area contributed by atoms with Crippen LogP contribution in [0.15, 0.2) is 126 Å². The number of rotatable bonds is 4. The molecule has 3 aromatic heterocycles. The van der Waals surface area contributed by atoms with Crippen LogP contribution in [0, 0.1) is 0 Å². The van der Waals surface area contributed by atoms with E-state index in [4.69, 9.17) is 19.4 Å². The SMILES string of the molecule is C1=Cc2c(sc3ccc(-c4nc(-c5ccccc5)nc(-c5cccc6oc7cc(-c8ccccc8)ccc7c56)n4)cc23)CC1. The maximum atomic E-state index is 6.42. The summed E-state index contributed by atoms with van der Waals surface area (Å²) >= 11 is 1.89. The molecule has 0 saturated heterocycles. The second kappa shape index (κ2) is 10.1. The van der Waals surface area contributed by atoms with Crippen LogP contribution < -0.4 is 0 Å². The highest BCUT2D eigenvalue weighted by molar-refractivity contribution is 7.19. The van der Waals surface area contributed by atoms with Crippen LogP contribution in [-0.2, 0) is 6.42 Å². The summed E-state index contributed by atoms with van der Waals surface area (Å²) in [7, 11) is 0. The molecule has 0 N–H and O–H groups in total. The van der Waals surface area contributed by atoms with Crippen molar-refractivity contribution in [1.29, 1.82) is 0 Å². The zero-order valence-corrected chi connectivity index (χ0v) is 24.5. The Labute approximate surface area is 258 Å². The summed E-state index contributed by atoms with van der Waals surface area (Å²) in [6.07, 6.45) is 6.74. The summed E-state index contributed by atoms with van der Waals surface area (Å²) in [5.41, 5.74) is 8.11. The molecule has 44 heavy (non-hydrogen) atoms. The highest BCUT2D eigenvalue weighted by atomic mass is 32.1. The van der Waals surface area contributed by atoms with Crippen molar-refractivity contribution >= 4 is 49.4 Å². The Kier molecular flexibility index (Phi) is 5.78. The quantitative estimate of drug-likeness (QED) is 0.207. The van der Waals surface area contributed by atoms with Crippen molar-refractivity contribution in [2.75, 3.05) is 0 Å². The minimum absolute atomic E-state index is 0.627. The van der Waals surface area contributed by atoms with Crippen LogP contribution in [0.3, 0.4) is 0 Å². The van der Waals surface area contributed by atoms with Crippen LogP contribution in [0.25, 0.3) is 83.4 Å². The van der Waals surface area contributed by atoms with Gasteiger partial charge in [0.15, 0.2) is 17.5 Å². The van der Waals surface area contributed by atoms with Gasteiger partial charge in [0.1, 0.15) is 11.2 Å². The van der Waals surface area contributed by atoms with Gasteiger partial charge in [-0.05, 0) is 65.9 Å². The fourth-order valence-corrected chi connectivity index (χ4v) is 7.44. The van der Waals surface area contributed by atoms with E-state index < -0.39 is 0 Å². The van der Waals surface area contributed by atoms with Crippen molar-refractivity contribution < 1.29 is 4.42 Å². The fourth-order valence-electron chi connectivity index (χ4n) is 6.25. The summed E-state index contributed by atoms with van der Waals surface area (Å²) in [5.74, 6) is 1.93. The van der Waals surface area contributed by atoms with Crippen LogP contribution in [-0.4, -0.2) is 15.0 Å². The lowest BCUT2D eigenvalue weighted by molar-refractivity contribution is 0.669. The molecular formula is C39H25N3OS.